The molecule has 1 aromatic rings. The third-order valence-electron chi connectivity index (χ3n) is 5.65. The lowest BCUT2D eigenvalue weighted by Crippen LogP contribution is -2.20. The molecule has 1 heterocycles. The van der Waals surface area contributed by atoms with E-state index in [0.29, 0.717) is 5.92 Å². The average Bonchev–Trinajstić information content (AvgIpc) is 3.01. The molecule has 3 aliphatic carbocycles. The Labute approximate surface area is 121 Å². The van der Waals surface area contributed by atoms with Crippen LogP contribution in [0.5, 0.6) is 0 Å². The van der Waals surface area contributed by atoms with Gasteiger partial charge in [-0.15, -0.1) is 0 Å². The third kappa shape index (κ3) is 2.26. The molecule has 3 fully saturated rings. The van der Waals surface area contributed by atoms with Crippen LogP contribution in [0.4, 0.5) is 0 Å². The molecule has 0 aliphatic heterocycles. The van der Waals surface area contributed by atoms with Gasteiger partial charge in [0.05, 0.1) is 0 Å². The van der Waals surface area contributed by atoms with Crippen molar-refractivity contribution in [3.05, 3.63) is 22.8 Å². The summed E-state index contributed by atoms with van der Waals surface area (Å²) in [4.78, 5) is 9.76. The van der Waals surface area contributed by atoms with Crippen molar-refractivity contribution in [2.45, 2.75) is 70.9 Å². The van der Waals surface area contributed by atoms with E-state index in [2.05, 4.69) is 19.2 Å². The second-order valence-electron chi connectivity index (χ2n) is 7.17. The van der Waals surface area contributed by atoms with Gasteiger partial charge in [-0.2, -0.15) is 0 Å². The number of rotatable bonds is 4. The molecule has 108 valence electrons. The first-order chi connectivity index (χ1) is 9.70. The molecule has 20 heavy (non-hydrogen) atoms. The van der Waals surface area contributed by atoms with Gasteiger partial charge in [-0.3, -0.25) is 0 Å². The Bertz CT molecular complexity index is 498. The van der Waals surface area contributed by atoms with Gasteiger partial charge in [0, 0.05) is 35.5 Å². The number of hydrogen-bond donors (Lipinski definition) is 1. The van der Waals surface area contributed by atoms with Gasteiger partial charge in [0.2, 0.25) is 0 Å². The van der Waals surface area contributed by atoms with Gasteiger partial charge in [-0.25, -0.2) is 9.97 Å². The average molecular weight is 271 g/mol. The molecule has 3 atom stereocenters. The summed E-state index contributed by atoms with van der Waals surface area (Å²) in [6, 6.07) is 0.749. The van der Waals surface area contributed by atoms with E-state index in [-0.39, 0.29) is 0 Å². The zero-order valence-electron chi connectivity index (χ0n) is 12.7. The fourth-order valence-corrected chi connectivity index (χ4v) is 4.28. The minimum absolute atomic E-state index is 0.650. The third-order valence-corrected chi connectivity index (χ3v) is 5.65. The standard InChI is InChI=1S/C17H25N3/c1-10-16(9-18-14-5-6-14)11(2)20-17(19-10)15-8-12-3-4-13(15)7-12/h12-15,18H,3-9H2,1-2H3. The largest absolute Gasteiger partial charge is 0.310 e. The molecule has 0 saturated heterocycles. The summed E-state index contributed by atoms with van der Waals surface area (Å²) < 4.78 is 0. The van der Waals surface area contributed by atoms with E-state index in [1.54, 1.807) is 0 Å². The second kappa shape index (κ2) is 4.80. The number of aryl methyl sites for hydroxylation is 2. The Morgan fingerprint density at radius 3 is 2.30 bits per heavy atom. The Morgan fingerprint density at radius 1 is 1.00 bits per heavy atom. The monoisotopic (exact) mass is 271 g/mol. The first-order valence-corrected chi connectivity index (χ1v) is 8.28. The van der Waals surface area contributed by atoms with Crippen LogP contribution in [0.25, 0.3) is 0 Å². The van der Waals surface area contributed by atoms with E-state index < -0.39 is 0 Å². The fourth-order valence-electron chi connectivity index (χ4n) is 4.28. The predicted octanol–water partition coefficient (Wildman–Crippen LogP) is 3.25. The van der Waals surface area contributed by atoms with Crippen LogP contribution in [-0.4, -0.2) is 16.0 Å². The van der Waals surface area contributed by atoms with Crippen molar-refractivity contribution in [1.29, 1.82) is 0 Å². The molecule has 0 spiro atoms. The van der Waals surface area contributed by atoms with E-state index in [1.165, 1.54) is 55.5 Å². The van der Waals surface area contributed by atoms with Crippen LogP contribution in [0.2, 0.25) is 0 Å². The van der Waals surface area contributed by atoms with Gasteiger partial charge in [0.25, 0.3) is 0 Å². The van der Waals surface area contributed by atoms with Crippen molar-refractivity contribution in [2.75, 3.05) is 0 Å². The number of aromatic nitrogens is 2. The van der Waals surface area contributed by atoms with Crippen LogP contribution in [0.15, 0.2) is 0 Å². The highest BCUT2D eigenvalue weighted by atomic mass is 15.0. The van der Waals surface area contributed by atoms with Gasteiger partial charge < -0.3 is 5.32 Å². The Kier molecular flexibility index (Phi) is 3.06. The van der Waals surface area contributed by atoms with Crippen LogP contribution in [-0.2, 0) is 6.54 Å². The SMILES string of the molecule is Cc1nc(C2CC3CCC2C3)nc(C)c1CNC1CC1. The van der Waals surface area contributed by atoms with Crippen LogP contribution in [0, 0.1) is 25.7 Å². The molecule has 4 rings (SSSR count). The number of hydrogen-bond acceptors (Lipinski definition) is 3. The normalized spacial score (nSPS) is 32.0. The number of fused-ring (bicyclic) bond motifs is 2. The van der Waals surface area contributed by atoms with E-state index in [9.17, 15) is 0 Å². The molecule has 1 aromatic heterocycles. The van der Waals surface area contributed by atoms with Crippen LogP contribution in [0.1, 0.15) is 67.2 Å². The molecule has 3 nitrogen and oxygen atoms in total. The highest BCUT2D eigenvalue weighted by Crippen LogP contribution is 2.52. The molecule has 1 N–H and O–H groups in total. The molecule has 0 radical (unpaired) electrons. The zero-order valence-corrected chi connectivity index (χ0v) is 12.7. The minimum atomic E-state index is 0.650. The lowest BCUT2D eigenvalue weighted by molar-refractivity contribution is 0.403. The van der Waals surface area contributed by atoms with Gasteiger partial charge in [-0.05, 0) is 57.8 Å². The maximum Gasteiger partial charge on any atom is 0.132 e. The van der Waals surface area contributed by atoms with Gasteiger partial charge in [0.15, 0.2) is 0 Å². The van der Waals surface area contributed by atoms with E-state index >= 15 is 0 Å². The van der Waals surface area contributed by atoms with Gasteiger partial charge in [-0.1, -0.05) is 6.42 Å². The van der Waals surface area contributed by atoms with E-state index in [4.69, 9.17) is 9.97 Å². The quantitative estimate of drug-likeness (QED) is 0.913. The molecular formula is C17H25N3. The lowest BCUT2D eigenvalue weighted by atomic mass is 9.88. The summed E-state index contributed by atoms with van der Waals surface area (Å²) in [5.74, 6) is 3.62. The molecular weight excluding hydrogens is 246 g/mol. The van der Waals surface area contributed by atoms with Crippen molar-refractivity contribution < 1.29 is 0 Å². The Balaban J connectivity index is 1.55. The summed E-state index contributed by atoms with van der Waals surface area (Å²) in [5.41, 5.74) is 3.72. The molecule has 3 saturated carbocycles. The maximum absolute atomic E-state index is 4.88. The summed E-state index contributed by atoms with van der Waals surface area (Å²) in [6.45, 7) is 5.27. The van der Waals surface area contributed by atoms with Crippen LogP contribution in [0.3, 0.4) is 0 Å². The molecule has 0 aromatic carbocycles. The summed E-state index contributed by atoms with van der Waals surface area (Å²) >= 11 is 0. The van der Waals surface area contributed by atoms with Gasteiger partial charge in [0.1, 0.15) is 5.82 Å². The van der Waals surface area contributed by atoms with Crippen molar-refractivity contribution >= 4 is 0 Å². The zero-order chi connectivity index (χ0) is 13.7. The highest BCUT2D eigenvalue weighted by Gasteiger charge is 2.41. The first kappa shape index (κ1) is 12.8. The summed E-state index contributed by atoms with van der Waals surface area (Å²) in [7, 11) is 0. The van der Waals surface area contributed by atoms with Crippen molar-refractivity contribution in [3.63, 3.8) is 0 Å². The molecule has 3 aliphatic rings. The van der Waals surface area contributed by atoms with Crippen LogP contribution >= 0.6 is 0 Å². The van der Waals surface area contributed by atoms with Crippen LogP contribution < -0.4 is 5.32 Å². The summed E-state index contributed by atoms with van der Waals surface area (Å²) in [5, 5.41) is 3.59. The Morgan fingerprint density at radius 2 is 1.75 bits per heavy atom. The van der Waals surface area contributed by atoms with E-state index in [1.807, 2.05) is 0 Å². The van der Waals surface area contributed by atoms with Crippen molar-refractivity contribution in [3.8, 4) is 0 Å². The predicted molar refractivity (Wildman–Crippen MR) is 79.6 cm³/mol. The van der Waals surface area contributed by atoms with Gasteiger partial charge >= 0.3 is 0 Å². The number of nitrogens with one attached hydrogen (secondary N) is 1. The Hall–Kier alpha value is -0.960. The van der Waals surface area contributed by atoms with E-state index in [0.717, 1.165) is 30.2 Å². The maximum atomic E-state index is 4.88. The minimum Gasteiger partial charge on any atom is -0.310 e. The molecule has 2 bridgehead atoms. The number of nitrogens with zero attached hydrogens (tertiary/aromatic N) is 2. The molecule has 3 heteroatoms. The highest BCUT2D eigenvalue weighted by molar-refractivity contribution is 5.26. The second-order valence-corrected chi connectivity index (χ2v) is 7.17. The van der Waals surface area contributed by atoms with Crippen molar-refractivity contribution in [1.82, 2.24) is 15.3 Å². The molecule has 0 amide bonds. The fraction of sp³-hybridized carbons (Fsp3) is 0.765. The molecule has 3 unspecified atom stereocenters. The summed E-state index contributed by atoms with van der Waals surface area (Å²) in [6.07, 6.45) is 8.29. The topological polar surface area (TPSA) is 37.8 Å². The first-order valence-electron chi connectivity index (χ1n) is 8.28. The lowest BCUT2D eigenvalue weighted by Gasteiger charge is -2.22. The smallest absolute Gasteiger partial charge is 0.132 e. The van der Waals surface area contributed by atoms with Crippen molar-refractivity contribution in [2.24, 2.45) is 11.8 Å².